The van der Waals surface area contributed by atoms with Gasteiger partial charge in [-0.25, -0.2) is 0 Å². The van der Waals surface area contributed by atoms with E-state index in [-0.39, 0.29) is 12.0 Å². The molecule has 1 aliphatic carbocycles. The summed E-state index contributed by atoms with van der Waals surface area (Å²) in [6, 6.07) is 0.303. The maximum atomic E-state index is 10.4. The Hall–Kier alpha value is -0.640. The molecule has 0 aliphatic heterocycles. The lowest BCUT2D eigenvalue weighted by Gasteiger charge is -2.23. The number of methoxy groups -OCH3 is 1. The van der Waals surface area contributed by atoms with Crippen molar-refractivity contribution in [1.29, 1.82) is 0 Å². The van der Waals surface area contributed by atoms with Gasteiger partial charge >= 0.3 is 0 Å². The zero-order valence-electron chi connectivity index (χ0n) is 13.2. The van der Waals surface area contributed by atoms with Crippen molar-refractivity contribution in [2.24, 2.45) is 11.7 Å². The van der Waals surface area contributed by atoms with Crippen LogP contribution >= 0.6 is 0 Å². The standard InChI is InChI=1S/C17H31NO2/c1-13-10-11-15(18)8-6-4-5-7-9-16(20-3)17(19)14(2)12-13/h7,9,12,14-17,19H,4-6,8,10-11,18H2,1-3H3. The maximum Gasteiger partial charge on any atom is 0.102 e. The number of hydrogen-bond donors (Lipinski definition) is 2. The van der Waals surface area contributed by atoms with Crippen LogP contribution in [0.3, 0.4) is 0 Å². The number of aliphatic hydroxyl groups is 1. The minimum absolute atomic E-state index is 0.0868. The second-order valence-electron chi connectivity index (χ2n) is 6.07. The topological polar surface area (TPSA) is 55.5 Å². The summed E-state index contributed by atoms with van der Waals surface area (Å²) in [5, 5.41) is 10.4. The normalized spacial score (nSPS) is 34.4. The van der Waals surface area contributed by atoms with Gasteiger partial charge in [0.05, 0.1) is 6.10 Å². The molecular weight excluding hydrogens is 250 g/mol. The highest BCUT2D eigenvalue weighted by Crippen LogP contribution is 2.19. The largest absolute Gasteiger partial charge is 0.389 e. The summed E-state index contributed by atoms with van der Waals surface area (Å²) in [6.07, 6.45) is 12.1. The van der Waals surface area contributed by atoms with Gasteiger partial charge in [0.2, 0.25) is 0 Å². The molecule has 4 atom stereocenters. The number of rotatable bonds is 1. The Bertz CT molecular complexity index is 325. The van der Waals surface area contributed by atoms with Gasteiger partial charge in [0, 0.05) is 19.1 Å². The molecule has 116 valence electrons. The van der Waals surface area contributed by atoms with E-state index in [2.05, 4.69) is 19.1 Å². The maximum absolute atomic E-state index is 10.4. The first-order chi connectivity index (χ1) is 9.54. The Balaban J connectivity index is 2.76. The molecule has 0 saturated heterocycles. The van der Waals surface area contributed by atoms with E-state index in [4.69, 9.17) is 10.5 Å². The average molecular weight is 281 g/mol. The fourth-order valence-corrected chi connectivity index (χ4v) is 2.72. The summed E-state index contributed by atoms with van der Waals surface area (Å²) >= 11 is 0. The lowest BCUT2D eigenvalue weighted by molar-refractivity contribution is -0.00188. The summed E-state index contributed by atoms with van der Waals surface area (Å²) < 4.78 is 5.40. The van der Waals surface area contributed by atoms with Crippen LogP contribution in [0.5, 0.6) is 0 Å². The fourth-order valence-electron chi connectivity index (χ4n) is 2.72. The zero-order valence-corrected chi connectivity index (χ0v) is 13.2. The molecule has 0 radical (unpaired) electrons. The van der Waals surface area contributed by atoms with Gasteiger partial charge in [-0.3, -0.25) is 0 Å². The molecule has 1 aliphatic rings. The highest BCUT2D eigenvalue weighted by molar-refractivity contribution is 5.05. The van der Waals surface area contributed by atoms with E-state index in [0.29, 0.717) is 6.04 Å². The third kappa shape index (κ3) is 6.21. The van der Waals surface area contributed by atoms with E-state index in [1.165, 1.54) is 12.0 Å². The molecule has 3 N–H and O–H groups in total. The van der Waals surface area contributed by atoms with E-state index in [0.717, 1.165) is 32.1 Å². The number of hydrogen-bond acceptors (Lipinski definition) is 3. The Morgan fingerprint density at radius 3 is 2.75 bits per heavy atom. The lowest BCUT2D eigenvalue weighted by atomic mass is 9.93. The van der Waals surface area contributed by atoms with Crippen molar-refractivity contribution in [2.75, 3.05) is 7.11 Å². The van der Waals surface area contributed by atoms with E-state index in [1.54, 1.807) is 7.11 Å². The highest BCUT2D eigenvalue weighted by Gasteiger charge is 2.21. The second-order valence-corrected chi connectivity index (χ2v) is 6.07. The molecule has 0 amide bonds. The van der Waals surface area contributed by atoms with Crippen molar-refractivity contribution < 1.29 is 9.84 Å². The summed E-state index contributed by atoms with van der Waals surface area (Å²) in [5.74, 6) is 0.0868. The van der Waals surface area contributed by atoms with Crippen molar-refractivity contribution in [3.8, 4) is 0 Å². The molecule has 0 bridgehead atoms. The smallest absolute Gasteiger partial charge is 0.102 e. The molecule has 0 fully saturated rings. The summed E-state index contributed by atoms with van der Waals surface area (Å²) in [5.41, 5.74) is 7.45. The second kappa shape index (κ2) is 9.32. The van der Waals surface area contributed by atoms with Crippen molar-refractivity contribution in [2.45, 2.75) is 70.6 Å². The predicted molar refractivity (Wildman–Crippen MR) is 84.5 cm³/mol. The first-order valence-corrected chi connectivity index (χ1v) is 7.85. The van der Waals surface area contributed by atoms with Crippen molar-refractivity contribution in [3.63, 3.8) is 0 Å². The molecule has 0 heterocycles. The molecule has 3 nitrogen and oxygen atoms in total. The highest BCUT2D eigenvalue weighted by atomic mass is 16.5. The molecule has 4 unspecified atom stereocenters. The SMILES string of the molecule is COC1C=CCCCCC(N)CCC(C)=CC(C)C1O. The molecule has 0 aromatic rings. The molecule has 1 rings (SSSR count). The van der Waals surface area contributed by atoms with Gasteiger partial charge in [0.1, 0.15) is 6.10 Å². The van der Waals surface area contributed by atoms with Gasteiger partial charge in [0.15, 0.2) is 0 Å². The number of ether oxygens (including phenoxy) is 1. The molecule has 20 heavy (non-hydrogen) atoms. The molecular formula is C17H31NO2. The number of aliphatic hydroxyl groups excluding tert-OH is 1. The van der Waals surface area contributed by atoms with Gasteiger partial charge < -0.3 is 15.6 Å². The van der Waals surface area contributed by atoms with Crippen LogP contribution in [-0.2, 0) is 4.74 Å². The minimum atomic E-state index is -0.497. The summed E-state index contributed by atoms with van der Waals surface area (Å²) in [4.78, 5) is 0. The van der Waals surface area contributed by atoms with Gasteiger partial charge in [-0.15, -0.1) is 0 Å². The van der Waals surface area contributed by atoms with Crippen molar-refractivity contribution in [1.82, 2.24) is 0 Å². The van der Waals surface area contributed by atoms with Crippen LogP contribution in [0.1, 0.15) is 52.4 Å². The predicted octanol–water partition coefficient (Wildman–Crippen LogP) is 3.18. The molecule has 0 aromatic heterocycles. The van der Waals surface area contributed by atoms with Crippen LogP contribution in [0.25, 0.3) is 0 Å². The third-order valence-electron chi connectivity index (χ3n) is 4.13. The van der Waals surface area contributed by atoms with Gasteiger partial charge in [0.25, 0.3) is 0 Å². The molecule has 0 aromatic carbocycles. The van der Waals surface area contributed by atoms with Crippen LogP contribution in [0, 0.1) is 5.92 Å². The number of allylic oxidation sites excluding steroid dienone is 2. The summed E-state index contributed by atoms with van der Waals surface area (Å²) in [7, 11) is 1.66. The van der Waals surface area contributed by atoms with Gasteiger partial charge in [-0.2, -0.15) is 0 Å². The Labute approximate surface area is 123 Å². The fraction of sp³-hybridized carbons (Fsp3) is 0.765. The number of nitrogens with two attached hydrogens (primary N) is 1. The average Bonchev–Trinajstić information content (AvgIpc) is 2.43. The molecule has 3 heteroatoms. The molecule has 0 saturated carbocycles. The Kier molecular flexibility index (Phi) is 8.12. The minimum Gasteiger partial charge on any atom is -0.389 e. The first-order valence-electron chi connectivity index (χ1n) is 7.85. The van der Waals surface area contributed by atoms with E-state index < -0.39 is 6.10 Å². The van der Waals surface area contributed by atoms with Crippen LogP contribution in [0.2, 0.25) is 0 Å². The van der Waals surface area contributed by atoms with E-state index in [1.807, 2.05) is 13.0 Å². The Morgan fingerprint density at radius 2 is 2.05 bits per heavy atom. The van der Waals surface area contributed by atoms with Crippen molar-refractivity contribution in [3.05, 3.63) is 23.8 Å². The Morgan fingerprint density at radius 1 is 1.30 bits per heavy atom. The van der Waals surface area contributed by atoms with Crippen LogP contribution in [-0.4, -0.2) is 30.5 Å². The summed E-state index contributed by atoms with van der Waals surface area (Å²) in [6.45, 7) is 4.17. The van der Waals surface area contributed by atoms with Crippen LogP contribution in [0.4, 0.5) is 0 Å². The van der Waals surface area contributed by atoms with Crippen molar-refractivity contribution >= 4 is 0 Å². The first kappa shape index (κ1) is 17.4. The zero-order chi connectivity index (χ0) is 15.0. The van der Waals surface area contributed by atoms with E-state index in [9.17, 15) is 5.11 Å². The van der Waals surface area contributed by atoms with Crippen LogP contribution < -0.4 is 5.73 Å². The van der Waals surface area contributed by atoms with Gasteiger partial charge in [-0.05, 0) is 39.0 Å². The quantitative estimate of drug-likeness (QED) is 0.726. The van der Waals surface area contributed by atoms with Crippen LogP contribution in [0.15, 0.2) is 23.8 Å². The van der Waals surface area contributed by atoms with Gasteiger partial charge in [-0.1, -0.05) is 37.1 Å². The van der Waals surface area contributed by atoms with E-state index >= 15 is 0 Å². The monoisotopic (exact) mass is 281 g/mol. The third-order valence-corrected chi connectivity index (χ3v) is 4.13. The lowest BCUT2D eigenvalue weighted by Crippen LogP contribution is -2.31. The molecule has 0 spiro atoms.